The highest BCUT2D eigenvalue weighted by atomic mass is 16.5. The van der Waals surface area contributed by atoms with Crippen molar-refractivity contribution in [3.05, 3.63) is 59.7 Å². The van der Waals surface area contributed by atoms with E-state index in [0.717, 1.165) is 17.9 Å². The first kappa shape index (κ1) is 27.2. The first-order valence-corrected chi connectivity index (χ1v) is 11.8. The Balaban J connectivity index is 1.44. The van der Waals surface area contributed by atoms with Crippen molar-refractivity contribution in [1.82, 2.24) is 10.4 Å². The van der Waals surface area contributed by atoms with E-state index in [9.17, 15) is 24.0 Å². The molecule has 0 unspecified atom stereocenters. The number of hydrazine groups is 1. The largest absolute Gasteiger partial charge is 0.496 e. The van der Waals surface area contributed by atoms with Gasteiger partial charge in [-0.05, 0) is 42.8 Å². The first-order chi connectivity index (χ1) is 17.8. The van der Waals surface area contributed by atoms with Gasteiger partial charge in [0.05, 0.1) is 37.3 Å². The molecule has 2 aromatic rings. The van der Waals surface area contributed by atoms with Gasteiger partial charge in [-0.15, -0.1) is 0 Å². The SMILES string of the molecule is CCCCOC(=O)c1ccc(NC(=O)COC(=O)[C@H]2CC(=O)N(NC(=O)c3ccccc3OC)C2)cc1. The van der Waals surface area contributed by atoms with E-state index in [0.29, 0.717) is 23.6 Å². The molecule has 11 heteroatoms. The minimum atomic E-state index is -0.837. The monoisotopic (exact) mass is 511 g/mol. The minimum Gasteiger partial charge on any atom is -0.496 e. The third kappa shape index (κ3) is 7.53. The number of hydrogen-bond acceptors (Lipinski definition) is 8. The molecule has 1 saturated heterocycles. The summed E-state index contributed by atoms with van der Waals surface area (Å²) in [5.74, 6) is -3.27. The van der Waals surface area contributed by atoms with Crippen LogP contribution in [0.5, 0.6) is 5.75 Å². The zero-order valence-electron chi connectivity index (χ0n) is 20.7. The highest BCUT2D eigenvalue weighted by Gasteiger charge is 2.37. The Bertz CT molecular complexity index is 1150. The Morgan fingerprint density at radius 1 is 1.03 bits per heavy atom. The fourth-order valence-corrected chi connectivity index (χ4v) is 3.52. The maximum Gasteiger partial charge on any atom is 0.338 e. The van der Waals surface area contributed by atoms with E-state index in [4.69, 9.17) is 14.2 Å². The lowest BCUT2D eigenvalue weighted by molar-refractivity contribution is -0.151. The number of amides is 3. The minimum absolute atomic E-state index is 0.0873. The number of nitrogens with zero attached hydrogens (tertiary/aromatic N) is 1. The fourth-order valence-electron chi connectivity index (χ4n) is 3.52. The summed E-state index contributed by atoms with van der Waals surface area (Å²) < 4.78 is 15.3. The maximum absolute atomic E-state index is 12.5. The third-order valence-electron chi connectivity index (χ3n) is 5.53. The highest BCUT2D eigenvalue weighted by molar-refractivity contribution is 5.99. The Morgan fingerprint density at radius 3 is 2.46 bits per heavy atom. The van der Waals surface area contributed by atoms with Gasteiger partial charge in [-0.25, -0.2) is 4.79 Å². The van der Waals surface area contributed by atoms with Crippen molar-refractivity contribution in [1.29, 1.82) is 0 Å². The van der Waals surface area contributed by atoms with Crippen molar-refractivity contribution < 1.29 is 38.2 Å². The van der Waals surface area contributed by atoms with E-state index in [-0.39, 0.29) is 18.5 Å². The van der Waals surface area contributed by atoms with Gasteiger partial charge in [0.15, 0.2) is 6.61 Å². The molecule has 3 rings (SSSR count). The number of esters is 2. The summed E-state index contributed by atoms with van der Waals surface area (Å²) in [4.78, 5) is 61.4. The molecule has 1 atom stereocenters. The molecule has 0 bridgehead atoms. The van der Waals surface area contributed by atoms with Gasteiger partial charge in [0, 0.05) is 12.1 Å². The number of carbonyl (C=O) groups excluding carboxylic acids is 5. The number of methoxy groups -OCH3 is 1. The zero-order chi connectivity index (χ0) is 26.8. The van der Waals surface area contributed by atoms with Gasteiger partial charge in [0.25, 0.3) is 11.8 Å². The number of benzene rings is 2. The summed E-state index contributed by atoms with van der Waals surface area (Å²) >= 11 is 0. The predicted molar refractivity (Wildman–Crippen MR) is 132 cm³/mol. The van der Waals surface area contributed by atoms with Crippen LogP contribution >= 0.6 is 0 Å². The van der Waals surface area contributed by atoms with Gasteiger partial charge in [-0.2, -0.15) is 0 Å². The molecule has 2 aromatic carbocycles. The van der Waals surface area contributed by atoms with Crippen LogP contribution in [0.2, 0.25) is 0 Å². The van der Waals surface area contributed by atoms with Crippen molar-refractivity contribution in [2.45, 2.75) is 26.2 Å². The lowest BCUT2D eigenvalue weighted by atomic mass is 10.1. The molecule has 3 amide bonds. The summed E-state index contributed by atoms with van der Waals surface area (Å²) in [6.07, 6.45) is 1.53. The van der Waals surface area contributed by atoms with E-state index in [1.807, 2.05) is 6.92 Å². The van der Waals surface area contributed by atoms with E-state index >= 15 is 0 Å². The summed E-state index contributed by atoms with van der Waals surface area (Å²) in [6, 6.07) is 12.6. The molecular formula is C26H29N3O8. The van der Waals surface area contributed by atoms with E-state index in [2.05, 4.69) is 10.7 Å². The van der Waals surface area contributed by atoms with Crippen LogP contribution in [0, 0.1) is 5.92 Å². The van der Waals surface area contributed by atoms with Gasteiger partial charge in [-0.3, -0.25) is 29.6 Å². The molecule has 0 radical (unpaired) electrons. The van der Waals surface area contributed by atoms with Crippen molar-refractivity contribution in [3.63, 3.8) is 0 Å². The number of carbonyl (C=O) groups is 5. The molecule has 0 aromatic heterocycles. The van der Waals surface area contributed by atoms with Gasteiger partial charge in [-0.1, -0.05) is 25.5 Å². The molecule has 0 aliphatic carbocycles. The quantitative estimate of drug-likeness (QED) is 0.346. The van der Waals surface area contributed by atoms with Crippen molar-refractivity contribution in [2.75, 3.05) is 32.2 Å². The van der Waals surface area contributed by atoms with Crippen LogP contribution in [-0.2, 0) is 23.9 Å². The van der Waals surface area contributed by atoms with Crippen LogP contribution in [0.4, 0.5) is 5.69 Å². The van der Waals surface area contributed by atoms with Gasteiger partial charge in [0.1, 0.15) is 5.75 Å². The smallest absolute Gasteiger partial charge is 0.338 e. The second kappa shape index (κ2) is 13.1. The second-order valence-electron chi connectivity index (χ2n) is 8.27. The third-order valence-corrected chi connectivity index (χ3v) is 5.53. The second-order valence-corrected chi connectivity index (χ2v) is 8.27. The van der Waals surface area contributed by atoms with Crippen molar-refractivity contribution >= 4 is 35.3 Å². The lowest BCUT2D eigenvalue weighted by Crippen LogP contribution is -2.43. The molecule has 0 saturated carbocycles. The van der Waals surface area contributed by atoms with Crippen LogP contribution in [-0.4, -0.2) is 61.5 Å². The lowest BCUT2D eigenvalue weighted by Gasteiger charge is -2.18. The number of hydrogen-bond donors (Lipinski definition) is 2. The molecule has 196 valence electrons. The topological polar surface area (TPSA) is 140 Å². The van der Waals surface area contributed by atoms with Crippen LogP contribution in [0.1, 0.15) is 46.9 Å². The summed E-state index contributed by atoms with van der Waals surface area (Å²) in [5.41, 5.74) is 3.48. The van der Waals surface area contributed by atoms with E-state index in [1.165, 1.54) is 31.4 Å². The Labute approximate surface area is 214 Å². The van der Waals surface area contributed by atoms with E-state index in [1.54, 1.807) is 24.3 Å². The Kier molecular flexibility index (Phi) is 9.59. The first-order valence-electron chi connectivity index (χ1n) is 11.8. The van der Waals surface area contributed by atoms with Crippen LogP contribution in [0.15, 0.2) is 48.5 Å². The summed E-state index contributed by atoms with van der Waals surface area (Å²) in [6.45, 7) is 1.69. The fraction of sp³-hybridized carbons (Fsp3) is 0.346. The van der Waals surface area contributed by atoms with Gasteiger partial charge in [0.2, 0.25) is 5.91 Å². The Hall–Kier alpha value is -4.41. The molecule has 0 spiro atoms. The van der Waals surface area contributed by atoms with Gasteiger partial charge < -0.3 is 19.5 Å². The molecule has 11 nitrogen and oxygen atoms in total. The number of para-hydroxylation sites is 1. The summed E-state index contributed by atoms with van der Waals surface area (Å²) in [5, 5.41) is 3.62. The normalized spacial score (nSPS) is 14.6. The number of nitrogens with one attached hydrogen (secondary N) is 2. The molecule has 1 fully saturated rings. The average molecular weight is 512 g/mol. The predicted octanol–water partition coefficient (Wildman–Crippen LogP) is 2.33. The van der Waals surface area contributed by atoms with Crippen LogP contribution < -0.4 is 15.5 Å². The zero-order valence-corrected chi connectivity index (χ0v) is 20.7. The average Bonchev–Trinajstić information content (AvgIpc) is 3.27. The van der Waals surface area contributed by atoms with Crippen molar-refractivity contribution in [2.24, 2.45) is 5.92 Å². The number of anilines is 1. The maximum atomic E-state index is 12.5. The molecule has 1 aliphatic rings. The molecule has 37 heavy (non-hydrogen) atoms. The van der Waals surface area contributed by atoms with Crippen molar-refractivity contribution in [3.8, 4) is 5.75 Å². The molecule has 1 aliphatic heterocycles. The number of ether oxygens (including phenoxy) is 3. The number of rotatable bonds is 11. The highest BCUT2D eigenvalue weighted by Crippen LogP contribution is 2.20. The standard InChI is InChI=1S/C26H29N3O8/c1-3-4-13-36-25(33)17-9-11-19(12-10-17)27-22(30)16-37-26(34)18-14-23(31)29(15-18)28-24(32)20-7-5-6-8-21(20)35-2/h5-12,18H,3-4,13-16H2,1-2H3,(H,27,30)(H,28,32)/t18-/m0/s1. The van der Waals surface area contributed by atoms with Crippen LogP contribution in [0.25, 0.3) is 0 Å². The number of unbranched alkanes of at least 4 members (excludes halogenated alkanes) is 1. The van der Waals surface area contributed by atoms with Gasteiger partial charge >= 0.3 is 11.9 Å². The molecule has 1 heterocycles. The molecular weight excluding hydrogens is 482 g/mol. The summed E-state index contributed by atoms with van der Waals surface area (Å²) in [7, 11) is 1.43. The molecule has 2 N–H and O–H groups in total. The Morgan fingerprint density at radius 2 is 1.76 bits per heavy atom. The van der Waals surface area contributed by atoms with Crippen LogP contribution in [0.3, 0.4) is 0 Å². The van der Waals surface area contributed by atoms with E-state index < -0.39 is 42.2 Å².